The van der Waals surface area contributed by atoms with Crippen molar-refractivity contribution < 1.29 is 9.84 Å². The van der Waals surface area contributed by atoms with E-state index in [0.29, 0.717) is 17.2 Å². The van der Waals surface area contributed by atoms with Gasteiger partial charge in [0.15, 0.2) is 0 Å². The van der Waals surface area contributed by atoms with Crippen LogP contribution in [0, 0.1) is 17.3 Å². The maximum atomic E-state index is 9.51. The highest BCUT2D eigenvalue weighted by Gasteiger charge is 2.54. The number of methoxy groups -OCH3 is 1. The van der Waals surface area contributed by atoms with Crippen LogP contribution in [0.15, 0.2) is 42.5 Å². The highest BCUT2D eigenvalue weighted by molar-refractivity contribution is 5.40. The average Bonchev–Trinajstić information content (AvgIpc) is 3.09. The zero-order valence-corrected chi connectivity index (χ0v) is 17.7. The van der Waals surface area contributed by atoms with Gasteiger partial charge in [0.2, 0.25) is 0 Å². The van der Waals surface area contributed by atoms with Crippen LogP contribution in [-0.2, 0) is 13.0 Å². The lowest BCUT2D eigenvalue weighted by Gasteiger charge is -2.51. The number of hydrogen-bond acceptors (Lipinski definition) is 3. The van der Waals surface area contributed by atoms with E-state index < -0.39 is 0 Å². The van der Waals surface area contributed by atoms with Crippen molar-refractivity contribution in [3.63, 3.8) is 0 Å². The second-order valence-corrected chi connectivity index (χ2v) is 9.70. The van der Waals surface area contributed by atoms with Crippen LogP contribution in [0.25, 0.3) is 0 Å². The largest absolute Gasteiger partial charge is 0.508 e. The molecule has 0 aliphatic heterocycles. The fourth-order valence-corrected chi connectivity index (χ4v) is 6.88. The molecule has 29 heavy (non-hydrogen) atoms. The van der Waals surface area contributed by atoms with Crippen LogP contribution in [0.4, 0.5) is 0 Å². The van der Waals surface area contributed by atoms with E-state index in [2.05, 4.69) is 30.4 Å². The molecule has 3 aliphatic carbocycles. The van der Waals surface area contributed by atoms with E-state index in [-0.39, 0.29) is 0 Å². The molecule has 154 valence electrons. The van der Waals surface area contributed by atoms with Crippen molar-refractivity contribution in [2.24, 2.45) is 17.3 Å². The van der Waals surface area contributed by atoms with Gasteiger partial charge in [-0.15, -0.1) is 0 Å². The van der Waals surface area contributed by atoms with E-state index in [0.717, 1.165) is 30.0 Å². The smallest absolute Gasteiger partial charge is 0.119 e. The zero-order valence-electron chi connectivity index (χ0n) is 17.7. The Morgan fingerprint density at radius 2 is 1.90 bits per heavy atom. The van der Waals surface area contributed by atoms with Gasteiger partial charge in [0, 0.05) is 12.6 Å². The van der Waals surface area contributed by atoms with Crippen molar-refractivity contribution >= 4 is 0 Å². The molecule has 2 fully saturated rings. The maximum absolute atomic E-state index is 9.51. The molecule has 3 nitrogen and oxygen atoms in total. The van der Waals surface area contributed by atoms with Crippen LogP contribution in [0.2, 0.25) is 0 Å². The predicted molar refractivity (Wildman–Crippen MR) is 116 cm³/mol. The van der Waals surface area contributed by atoms with Crippen LogP contribution in [0.1, 0.15) is 61.6 Å². The second kappa shape index (κ2) is 7.36. The molecule has 2 aromatic rings. The molecule has 0 bridgehead atoms. The first-order valence-electron chi connectivity index (χ1n) is 11.3. The van der Waals surface area contributed by atoms with Crippen LogP contribution < -0.4 is 10.1 Å². The number of rotatable bonds is 4. The number of ether oxygens (including phenoxy) is 1. The highest BCUT2D eigenvalue weighted by atomic mass is 16.5. The quantitative estimate of drug-likeness (QED) is 0.732. The summed E-state index contributed by atoms with van der Waals surface area (Å²) in [7, 11) is 1.77. The van der Waals surface area contributed by atoms with E-state index in [1.54, 1.807) is 24.8 Å². The topological polar surface area (TPSA) is 41.5 Å². The van der Waals surface area contributed by atoms with Gasteiger partial charge in [-0.05, 0) is 103 Å². The Labute approximate surface area is 174 Å². The third kappa shape index (κ3) is 3.24. The number of aryl methyl sites for hydroxylation is 1. The number of phenols is 1. The summed E-state index contributed by atoms with van der Waals surface area (Å²) in [5, 5.41) is 13.4. The summed E-state index contributed by atoms with van der Waals surface area (Å²) >= 11 is 0. The van der Waals surface area contributed by atoms with E-state index >= 15 is 0 Å². The molecule has 3 heteroatoms. The lowest BCUT2D eigenvalue weighted by atomic mass is 9.55. The maximum Gasteiger partial charge on any atom is 0.119 e. The molecular formula is C26H33NO2. The monoisotopic (exact) mass is 391 g/mol. The van der Waals surface area contributed by atoms with Gasteiger partial charge in [-0.1, -0.05) is 25.1 Å². The molecule has 3 aliphatic rings. The molecule has 2 N–H and O–H groups in total. The van der Waals surface area contributed by atoms with Crippen molar-refractivity contribution in [3.8, 4) is 11.5 Å². The summed E-state index contributed by atoms with van der Waals surface area (Å²) < 4.78 is 5.46. The van der Waals surface area contributed by atoms with Crippen LogP contribution >= 0.6 is 0 Å². The van der Waals surface area contributed by atoms with E-state index in [9.17, 15) is 5.11 Å². The van der Waals surface area contributed by atoms with Crippen LogP contribution in [0.3, 0.4) is 0 Å². The lowest BCUT2D eigenvalue weighted by molar-refractivity contribution is 0.0408. The first-order valence-corrected chi connectivity index (χ1v) is 11.3. The average molecular weight is 392 g/mol. The number of nitrogens with one attached hydrogen (secondary N) is 1. The van der Waals surface area contributed by atoms with E-state index in [1.165, 1.54) is 49.7 Å². The summed E-state index contributed by atoms with van der Waals surface area (Å²) in [6.07, 6.45) is 7.81. The predicted octanol–water partition coefficient (Wildman–Crippen LogP) is 5.42. The van der Waals surface area contributed by atoms with Gasteiger partial charge in [-0.3, -0.25) is 0 Å². The minimum Gasteiger partial charge on any atom is -0.508 e. The van der Waals surface area contributed by atoms with Crippen molar-refractivity contribution in [3.05, 3.63) is 59.2 Å². The van der Waals surface area contributed by atoms with Crippen LogP contribution in [-0.4, -0.2) is 18.3 Å². The summed E-state index contributed by atoms with van der Waals surface area (Å²) in [5.74, 6) is 3.74. The molecule has 0 heterocycles. The minimum absolute atomic E-state index is 0.343. The highest BCUT2D eigenvalue weighted by Crippen LogP contribution is 2.61. The molecular weight excluding hydrogens is 358 g/mol. The van der Waals surface area contributed by atoms with Crippen molar-refractivity contribution in [1.29, 1.82) is 0 Å². The molecule has 3 unspecified atom stereocenters. The van der Waals surface area contributed by atoms with Crippen molar-refractivity contribution in [2.75, 3.05) is 7.11 Å². The molecule has 0 aromatic heterocycles. The summed E-state index contributed by atoms with van der Waals surface area (Å²) in [4.78, 5) is 0. The third-order valence-corrected chi connectivity index (χ3v) is 8.42. The second-order valence-electron chi connectivity index (χ2n) is 9.70. The summed E-state index contributed by atoms with van der Waals surface area (Å²) in [6, 6.07) is 15.0. The molecule has 2 saturated carbocycles. The lowest BCUT2D eigenvalue weighted by Crippen LogP contribution is -2.48. The number of phenolic OH excluding ortho intramolecular Hbond substituents is 1. The summed E-state index contributed by atoms with van der Waals surface area (Å²) in [5.41, 5.74) is 4.78. The van der Waals surface area contributed by atoms with Gasteiger partial charge in [-0.25, -0.2) is 0 Å². The van der Waals surface area contributed by atoms with Crippen molar-refractivity contribution in [2.45, 2.75) is 64.0 Å². The van der Waals surface area contributed by atoms with E-state index in [4.69, 9.17) is 4.74 Å². The normalized spacial score (nSPS) is 32.9. The molecule has 0 saturated heterocycles. The Morgan fingerprint density at radius 3 is 2.69 bits per heavy atom. The van der Waals surface area contributed by atoms with Crippen molar-refractivity contribution in [1.82, 2.24) is 5.32 Å². The first-order chi connectivity index (χ1) is 14.1. The Kier molecular flexibility index (Phi) is 4.82. The van der Waals surface area contributed by atoms with Gasteiger partial charge in [0.25, 0.3) is 0 Å². The number of fused-ring (bicyclic) bond motifs is 5. The summed E-state index contributed by atoms with van der Waals surface area (Å²) in [6.45, 7) is 3.45. The number of benzene rings is 2. The zero-order chi connectivity index (χ0) is 20.0. The Morgan fingerprint density at radius 1 is 1.07 bits per heavy atom. The molecule has 0 amide bonds. The molecule has 2 aromatic carbocycles. The van der Waals surface area contributed by atoms with Crippen LogP contribution in [0.5, 0.6) is 11.5 Å². The fourth-order valence-electron chi connectivity index (χ4n) is 6.88. The molecule has 5 rings (SSSR count). The number of hydrogen-bond donors (Lipinski definition) is 2. The van der Waals surface area contributed by atoms with Gasteiger partial charge in [0.1, 0.15) is 11.5 Å². The molecule has 0 spiro atoms. The standard InChI is InChI=1S/C26H33NO2/c1-26-14-13-22-21-10-8-20(29-2)15-18(21)5-9-23(22)24(26)11-12-25(26)27-16-17-3-6-19(28)7-4-17/h3-4,6-8,10,15,22-25,27-28H,5,9,11-14,16H2,1-2H3/t22?,23?,24?,25-,26+/m1/s1. The Bertz CT molecular complexity index is 877. The molecule has 0 radical (unpaired) electrons. The third-order valence-electron chi connectivity index (χ3n) is 8.42. The van der Waals surface area contributed by atoms with Gasteiger partial charge in [-0.2, -0.15) is 0 Å². The van der Waals surface area contributed by atoms with Gasteiger partial charge < -0.3 is 15.2 Å². The first kappa shape index (κ1) is 19.0. The van der Waals surface area contributed by atoms with E-state index in [1.807, 2.05) is 12.1 Å². The number of aromatic hydroxyl groups is 1. The fraction of sp³-hybridized carbons (Fsp3) is 0.538. The SMILES string of the molecule is COc1ccc2c(c1)CCC1C2CC[C@@]2(C)C1CC[C@H]2NCc1ccc(O)cc1. The molecule has 5 atom stereocenters. The van der Waals surface area contributed by atoms with Gasteiger partial charge >= 0.3 is 0 Å². The van der Waals surface area contributed by atoms with Gasteiger partial charge in [0.05, 0.1) is 7.11 Å². The minimum atomic E-state index is 0.343. The Balaban J connectivity index is 1.32. The Hall–Kier alpha value is -2.00.